The summed E-state index contributed by atoms with van der Waals surface area (Å²) in [5, 5.41) is 10.5. The summed E-state index contributed by atoms with van der Waals surface area (Å²) in [5.74, 6) is -0.236. The van der Waals surface area contributed by atoms with Gasteiger partial charge in [-0.25, -0.2) is 4.39 Å². The summed E-state index contributed by atoms with van der Waals surface area (Å²) in [4.78, 5) is 2.10. The second-order valence-electron chi connectivity index (χ2n) is 5.05. The van der Waals surface area contributed by atoms with Crippen molar-refractivity contribution in [3.63, 3.8) is 0 Å². The number of aliphatic hydroxyl groups excluding tert-OH is 1. The Kier molecular flexibility index (Phi) is 4.17. The molecule has 0 amide bonds. The molecule has 0 bridgehead atoms. The lowest BCUT2D eigenvalue weighted by Gasteiger charge is -2.36. The predicted molar refractivity (Wildman–Crippen MR) is 75.8 cm³/mol. The van der Waals surface area contributed by atoms with Crippen LogP contribution < -0.4 is 4.90 Å². The molecule has 2 rings (SSSR count). The van der Waals surface area contributed by atoms with Gasteiger partial charge >= 0.3 is 0 Å². The third-order valence-corrected chi connectivity index (χ3v) is 4.44. The second kappa shape index (κ2) is 5.49. The van der Waals surface area contributed by atoms with E-state index in [2.05, 4.69) is 18.7 Å². The minimum atomic E-state index is -0.622. The zero-order chi connectivity index (χ0) is 13.3. The molecule has 1 aromatic rings. The van der Waals surface area contributed by atoms with Crippen molar-refractivity contribution in [2.24, 2.45) is 0 Å². The lowest BCUT2D eigenvalue weighted by Crippen LogP contribution is -2.40. The maximum atomic E-state index is 14.1. The van der Waals surface area contributed by atoms with Crippen molar-refractivity contribution in [2.45, 2.75) is 37.4 Å². The van der Waals surface area contributed by atoms with Crippen LogP contribution in [0.15, 0.2) is 18.2 Å². The first-order valence-corrected chi connectivity index (χ1v) is 7.29. The van der Waals surface area contributed by atoms with Gasteiger partial charge in [-0.2, -0.15) is 11.8 Å². The van der Waals surface area contributed by atoms with Crippen molar-refractivity contribution in [3.05, 3.63) is 29.6 Å². The van der Waals surface area contributed by atoms with E-state index in [9.17, 15) is 9.50 Å². The number of aliphatic hydroxyl groups is 1. The van der Waals surface area contributed by atoms with Crippen molar-refractivity contribution in [1.29, 1.82) is 0 Å². The Morgan fingerprint density at radius 1 is 1.33 bits per heavy atom. The van der Waals surface area contributed by atoms with E-state index >= 15 is 0 Å². The Morgan fingerprint density at radius 3 is 2.44 bits per heavy atom. The molecule has 0 aromatic heterocycles. The van der Waals surface area contributed by atoms with Gasteiger partial charge in [0.2, 0.25) is 0 Å². The number of halogens is 1. The average molecular weight is 269 g/mol. The minimum absolute atomic E-state index is 0.236. The number of hydrogen-bond acceptors (Lipinski definition) is 3. The molecule has 3 atom stereocenters. The standard InChI is InChI=1S/C14H20FNOS/c1-9-7-16(8-10(2)18-9)14-5-4-12(11(3)17)6-13(14)15/h4-6,9-11,17H,7-8H2,1-3H3. The van der Waals surface area contributed by atoms with Crippen LogP contribution in [0.3, 0.4) is 0 Å². The molecular weight excluding hydrogens is 249 g/mol. The van der Waals surface area contributed by atoms with Gasteiger partial charge in [-0.3, -0.25) is 0 Å². The van der Waals surface area contributed by atoms with Gasteiger partial charge in [0.15, 0.2) is 0 Å². The summed E-state index contributed by atoms with van der Waals surface area (Å²) in [6, 6.07) is 5.03. The fraction of sp³-hybridized carbons (Fsp3) is 0.571. The number of benzene rings is 1. The van der Waals surface area contributed by atoms with Crippen LogP contribution in [0.2, 0.25) is 0 Å². The average Bonchev–Trinajstić information content (AvgIpc) is 2.27. The van der Waals surface area contributed by atoms with Crippen LogP contribution in [0.4, 0.5) is 10.1 Å². The molecule has 1 aliphatic rings. The number of nitrogens with zero attached hydrogens (tertiary/aromatic N) is 1. The zero-order valence-electron chi connectivity index (χ0n) is 11.1. The molecule has 1 aromatic carbocycles. The molecule has 0 spiro atoms. The van der Waals surface area contributed by atoms with Crippen molar-refractivity contribution in [3.8, 4) is 0 Å². The van der Waals surface area contributed by atoms with E-state index in [1.807, 2.05) is 11.8 Å². The van der Waals surface area contributed by atoms with Gasteiger partial charge in [0.25, 0.3) is 0 Å². The van der Waals surface area contributed by atoms with Gasteiger partial charge in [-0.05, 0) is 24.6 Å². The van der Waals surface area contributed by atoms with Crippen LogP contribution in [-0.2, 0) is 0 Å². The largest absolute Gasteiger partial charge is 0.389 e. The van der Waals surface area contributed by atoms with Crippen LogP contribution in [0.1, 0.15) is 32.4 Å². The van der Waals surface area contributed by atoms with E-state index in [1.54, 1.807) is 19.1 Å². The van der Waals surface area contributed by atoms with Crippen molar-refractivity contribution in [2.75, 3.05) is 18.0 Å². The molecule has 1 fully saturated rings. The van der Waals surface area contributed by atoms with Crippen molar-refractivity contribution in [1.82, 2.24) is 0 Å². The third kappa shape index (κ3) is 2.98. The van der Waals surface area contributed by atoms with E-state index in [0.29, 0.717) is 21.8 Å². The first kappa shape index (κ1) is 13.7. The summed E-state index contributed by atoms with van der Waals surface area (Å²) in [6.07, 6.45) is -0.622. The van der Waals surface area contributed by atoms with Crippen LogP contribution in [0.5, 0.6) is 0 Å². The number of rotatable bonds is 2. The monoisotopic (exact) mass is 269 g/mol. The van der Waals surface area contributed by atoms with Gasteiger partial charge in [-0.1, -0.05) is 19.9 Å². The van der Waals surface area contributed by atoms with E-state index in [0.717, 1.165) is 13.1 Å². The lowest BCUT2D eigenvalue weighted by atomic mass is 10.1. The summed E-state index contributed by atoms with van der Waals surface area (Å²) in [6.45, 7) is 7.75. The molecule has 1 N–H and O–H groups in total. The van der Waals surface area contributed by atoms with E-state index in [1.165, 1.54) is 6.07 Å². The Hall–Kier alpha value is -0.740. The second-order valence-corrected chi connectivity index (χ2v) is 6.93. The Morgan fingerprint density at radius 2 is 1.94 bits per heavy atom. The van der Waals surface area contributed by atoms with Crippen LogP contribution in [0, 0.1) is 5.82 Å². The van der Waals surface area contributed by atoms with E-state index in [4.69, 9.17) is 0 Å². The maximum absolute atomic E-state index is 14.1. The molecule has 0 aliphatic carbocycles. The Balaban J connectivity index is 2.22. The van der Waals surface area contributed by atoms with E-state index in [-0.39, 0.29) is 5.82 Å². The van der Waals surface area contributed by atoms with Gasteiger partial charge in [0.1, 0.15) is 5.82 Å². The fourth-order valence-corrected chi connectivity index (χ4v) is 3.74. The molecule has 1 heterocycles. The molecule has 4 heteroatoms. The summed E-state index contributed by atoms with van der Waals surface area (Å²) >= 11 is 1.95. The first-order valence-electron chi connectivity index (χ1n) is 6.35. The van der Waals surface area contributed by atoms with Crippen molar-refractivity contribution >= 4 is 17.4 Å². The van der Waals surface area contributed by atoms with E-state index < -0.39 is 6.10 Å². The Labute approximate surface area is 112 Å². The number of thioether (sulfide) groups is 1. The highest BCUT2D eigenvalue weighted by Crippen LogP contribution is 2.31. The third-order valence-electron chi connectivity index (χ3n) is 3.21. The zero-order valence-corrected chi connectivity index (χ0v) is 11.9. The highest BCUT2D eigenvalue weighted by molar-refractivity contribution is 8.00. The topological polar surface area (TPSA) is 23.5 Å². The molecule has 2 nitrogen and oxygen atoms in total. The smallest absolute Gasteiger partial charge is 0.146 e. The molecule has 0 saturated carbocycles. The lowest BCUT2D eigenvalue weighted by molar-refractivity contribution is 0.199. The summed E-state index contributed by atoms with van der Waals surface area (Å²) < 4.78 is 14.1. The van der Waals surface area contributed by atoms with Gasteiger partial charge in [-0.15, -0.1) is 0 Å². The van der Waals surface area contributed by atoms with Crippen LogP contribution >= 0.6 is 11.8 Å². The normalized spacial score (nSPS) is 26.2. The Bertz CT molecular complexity index is 414. The van der Waals surface area contributed by atoms with Crippen molar-refractivity contribution < 1.29 is 9.50 Å². The molecule has 0 radical (unpaired) electrons. The molecule has 100 valence electrons. The highest BCUT2D eigenvalue weighted by Gasteiger charge is 2.24. The van der Waals surface area contributed by atoms with Crippen LogP contribution in [-0.4, -0.2) is 28.7 Å². The maximum Gasteiger partial charge on any atom is 0.146 e. The summed E-state index contributed by atoms with van der Waals surface area (Å²) in [5.41, 5.74) is 1.28. The minimum Gasteiger partial charge on any atom is -0.389 e. The fourth-order valence-electron chi connectivity index (χ4n) is 2.41. The molecule has 3 unspecified atom stereocenters. The molecular formula is C14H20FNOS. The first-order chi connectivity index (χ1) is 8.47. The van der Waals surface area contributed by atoms with Crippen LogP contribution in [0.25, 0.3) is 0 Å². The predicted octanol–water partition coefficient (Wildman–Crippen LogP) is 3.21. The SMILES string of the molecule is CC1CN(c2ccc(C(C)O)cc2F)CC(C)S1. The quantitative estimate of drug-likeness (QED) is 0.892. The number of anilines is 1. The van der Waals surface area contributed by atoms with Gasteiger partial charge in [0.05, 0.1) is 11.8 Å². The summed E-state index contributed by atoms with van der Waals surface area (Å²) in [7, 11) is 0. The highest BCUT2D eigenvalue weighted by atomic mass is 32.2. The molecule has 18 heavy (non-hydrogen) atoms. The number of hydrogen-bond donors (Lipinski definition) is 1. The van der Waals surface area contributed by atoms with Gasteiger partial charge in [0, 0.05) is 23.6 Å². The molecule has 1 aliphatic heterocycles. The van der Waals surface area contributed by atoms with Gasteiger partial charge < -0.3 is 10.0 Å². The molecule has 1 saturated heterocycles.